The van der Waals surface area contributed by atoms with Crippen LogP contribution in [0.3, 0.4) is 0 Å². The van der Waals surface area contributed by atoms with Crippen molar-refractivity contribution in [2.45, 2.75) is 18.8 Å². The van der Waals surface area contributed by atoms with Crippen LogP contribution in [0, 0.1) is 5.82 Å². The summed E-state index contributed by atoms with van der Waals surface area (Å²) in [6.45, 7) is 0.925. The van der Waals surface area contributed by atoms with Crippen LogP contribution in [-0.2, 0) is 9.53 Å². The molecule has 0 aliphatic carbocycles. The second kappa shape index (κ2) is 8.47. The summed E-state index contributed by atoms with van der Waals surface area (Å²) < 4.78 is 59.9. The predicted molar refractivity (Wildman–Crippen MR) is 94.4 cm³/mol. The molecule has 28 heavy (non-hydrogen) atoms. The Labute approximate surface area is 162 Å². The molecule has 150 valence electrons. The van der Waals surface area contributed by atoms with Gasteiger partial charge in [-0.05, 0) is 43.3 Å². The highest BCUT2D eigenvalue weighted by atomic mass is 35.5. The molecule has 0 spiro atoms. The first-order valence-corrected chi connectivity index (χ1v) is 8.32. The van der Waals surface area contributed by atoms with Gasteiger partial charge in [0, 0.05) is 16.3 Å². The highest BCUT2D eigenvalue weighted by Gasteiger charge is 2.63. The lowest BCUT2D eigenvalue weighted by molar-refractivity contribution is -0.204. The highest BCUT2D eigenvalue weighted by molar-refractivity contribution is 6.31. The van der Waals surface area contributed by atoms with Gasteiger partial charge in [0.15, 0.2) is 0 Å². The number of rotatable bonds is 6. The number of benzene rings is 2. The molecule has 0 aliphatic rings. The van der Waals surface area contributed by atoms with E-state index in [9.17, 15) is 27.2 Å². The van der Waals surface area contributed by atoms with Gasteiger partial charge in [0.2, 0.25) is 0 Å². The molecule has 2 aromatic carbocycles. The normalized spacial score (nSPS) is 13.4. The number of hydrogen-bond donors (Lipinski definition) is 2. The lowest BCUT2D eigenvalue weighted by atomic mass is 10.1. The third kappa shape index (κ3) is 4.72. The number of halogens is 5. The molecule has 0 bridgehead atoms. The molecular weight excluding hydrogens is 404 g/mol. The van der Waals surface area contributed by atoms with Crippen LogP contribution >= 0.6 is 11.6 Å². The van der Waals surface area contributed by atoms with Gasteiger partial charge >= 0.3 is 17.8 Å². The zero-order chi connectivity index (χ0) is 20.9. The first-order valence-electron chi connectivity index (χ1n) is 7.95. The molecule has 1 atom stereocenters. The van der Waals surface area contributed by atoms with Crippen molar-refractivity contribution in [1.82, 2.24) is 5.32 Å². The predicted octanol–water partition coefficient (Wildman–Crippen LogP) is 4.14. The number of carbonyl (C=O) groups excluding carboxylic acids is 2. The largest absolute Gasteiger partial charge is 0.463 e. The Bertz CT molecular complexity index is 876. The van der Waals surface area contributed by atoms with Gasteiger partial charge in [-0.1, -0.05) is 23.7 Å². The minimum atomic E-state index is -5.33. The van der Waals surface area contributed by atoms with Crippen LogP contribution < -0.4 is 10.6 Å². The standard InChI is InChI=1S/C18H15ClF4N2O3/c1-2-28-16(27)17(18(21,22)23,24-14-8-4-7-13(20)10-14)25-15(26)11-5-3-6-12(19)9-11/h3-10,24H,2H2,1H3,(H,25,26). The van der Waals surface area contributed by atoms with Crippen LogP contribution in [0.15, 0.2) is 48.5 Å². The fraction of sp³-hybridized carbons (Fsp3) is 0.222. The van der Waals surface area contributed by atoms with E-state index in [4.69, 9.17) is 11.6 Å². The number of nitrogens with one attached hydrogen (secondary N) is 2. The van der Waals surface area contributed by atoms with Crippen molar-refractivity contribution in [3.05, 3.63) is 64.9 Å². The van der Waals surface area contributed by atoms with Crippen molar-refractivity contribution in [3.63, 3.8) is 0 Å². The van der Waals surface area contributed by atoms with E-state index in [0.29, 0.717) is 0 Å². The van der Waals surface area contributed by atoms with E-state index in [1.54, 1.807) is 5.32 Å². The Hall–Kier alpha value is -2.81. The topological polar surface area (TPSA) is 67.4 Å². The maximum atomic E-state index is 14.0. The zero-order valence-corrected chi connectivity index (χ0v) is 15.2. The highest BCUT2D eigenvalue weighted by Crippen LogP contribution is 2.33. The fourth-order valence-electron chi connectivity index (χ4n) is 2.29. The Morgan fingerprint density at radius 2 is 1.79 bits per heavy atom. The third-order valence-electron chi connectivity index (χ3n) is 3.55. The average Bonchev–Trinajstić information content (AvgIpc) is 2.60. The van der Waals surface area contributed by atoms with Gasteiger partial charge in [-0.25, -0.2) is 9.18 Å². The Morgan fingerprint density at radius 1 is 1.11 bits per heavy atom. The summed E-state index contributed by atoms with van der Waals surface area (Å²) in [6, 6.07) is 9.13. The lowest BCUT2D eigenvalue weighted by Crippen LogP contribution is -2.69. The Balaban J connectivity index is 2.52. The molecule has 0 aromatic heterocycles. The molecule has 2 rings (SSSR count). The van der Waals surface area contributed by atoms with E-state index in [1.807, 2.05) is 5.32 Å². The summed E-state index contributed by atoms with van der Waals surface area (Å²) in [5.74, 6) is -3.88. The maximum absolute atomic E-state index is 14.0. The Morgan fingerprint density at radius 3 is 2.36 bits per heavy atom. The van der Waals surface area contributed by atoms with Crippen LogP contribution in [-0.4, -0.2) is 30.3 Å². The van der Waals surface area contributed by atoms with Crippen LogP contribution in [0.4, 0.5) is 23.2 Å². The molecule has 10 heteroatoms. The molecule has 0 aliphatic heterocycles. The minimum Gasteiger partial charge on any atom is -0.463 e. The number of alkyl halides is 3. The van der Waals surface area contributed by atoms with E-state index in [0.717, 1.165) is 30.3 Å². The number of esters is 1. The quantitative estimate of drug-likeness (QED) is 0.420. The monoisotopic (exact) mass is 418 g/mol. The van der Waals surface area contributed by atoms with Gasteiger partial charge in [0.25, 0.3) is 5.91 Å². The molecule has 1 unspecified atom stereocenters. The average molecular weight is 419 g/mol. The fourth-order valence-corrected chi connectivity index (χ4v) is 2.48. The van der Waals surface area contributed by atoms with Crippen molar-refractivity contribution in [2.75, 3.05) is 11.9 Å². The molecule has 0 fully saturated rings. The van der Waals surface area contributed by atoms with Gasteiger partial charge < -0.3 is 15.4 Å². The van der Waals surface area contributed by atoms with E-state index in [-0.39, 0.29) is 17.2 Å². The first kappa shape index (κ1) is 21.5. The minimum absolute atomic E-state index is 0.111. The van der Waals surface area contributed by atoms with Crippen molar-refractivity contribution in [3.8, 4) is 0 Å². The number of anilines is 1. The number of ether oxygens (including phenoxy) is 1. The molecular formula is C18H15ClF4N2O3. The molecule has 0 radical (unpaired) electrons. The van der Waals surface area contributed by atoms with E-state index in [2.05, 4.69) is 4.74 Å². The molecule has 1 amide bonds. The summed E-state index contributed by atoms with van der Waals surface area (Å²) in [5.41, 5.74) is -4.26. The van der Waals surface area contributed by atoms with Crippen LogP contribution in [0.1, 0.15) is 17.3 Å². The van der Waals surface area contributed by atoms with Gasteiger partial charge in [0.05, 0.1) is 6.61 Å². The van der Waals surface area contributed by atoms with Crippen molar-refractivity contribution in [1.29, 1.82) is 0 Å². The number of hydrogen-bond acceptors (Lipinski definition) is 4. The zero-order valence-electron chi connectivity index (χ0n) is 14.4. The van der Waals surface area contributed by atoms with E-state index in [1.165, 1.54) is 25.1 Å². The number of carbonyl (C=O) groups is 2. The smallest absolute Gasteiger partial charge is 0.441 e. The van der Waals surface area contributed by atoms with Crippen LogP contribution in [0.25, 0.3) is 0 Å². The van der Waals surface area contributed by atoms with E-state index >= 15 is 0 Å². The number of amides is 1. The van der Waals surface area contributed by atoms with E-state index < -0.39 is 35.2 Å². The molecule has 2 N–H and O–H groups in total. The third-order valence-corrected chi connectivity index (χ3v) is 3.79. The lowest BCUT2D eigenvalue weighted by Gasteiger charge is -2.35. The van der Waals surface area contributed by atoms with Gasteiger partial charge in [0.1, 0.15) is 5.82 Å². The summed E-state index contributed by atoms with van der Waals surface area (Å²) in [5, 5.41) is 3.62. The van der Waals surface area contributed by atoms with Crippen LogP contribution in [0.2, 0.25) is 5.02 Å². The summed E-state index contributed by atoms with van der Waals surface area (Å²) in [6.07, 6.45) is -5.33. The summed E-state index contributed by atoms with van der Waals surface area (Å²) in [4.78, 5) is 24.7. The van der Waals surface area contributed by atoms with Crippen LogP contribution in [0.5, 0.6) is 0 Å². The Kier molecular flexibility index (Phi) is 6.50. The summed E-state index contributed by atoms with van der Waals surface area (Å²) in [7, 11) is 0. The van der Waals surface area contributed by atoms with Gasteiger partial charge in [-0.2, -0.15) is 13.2 Å². The van der Waals surface area contributed by atoms with Crippen molar-refractivity contribution in [2.24, 2.45) is 0 Å². The van der Waals surface area contributed by atoms with Crippen molar-refractivity contribution >= 4 is 29.2 Å². The molecule has 5 nitrogen and oxygen atoms in total. The van der Waals surface area contributed by atoms with Gasteiger partial charge in [-0.15, -0.1) is 0 Å². The second-order valence-electron chi connectivity index (χ2n) is 5.57. The van der Waals surface area contributed by atoms with Gasteiger partial charge in [-0.3, -0.25) is 4.79 Å². The molecule has 0 heterocycles. The first-order chi connectivity index (χ1) is 13.1. The van der Waals surface area contributed by atoms with Crippen molar-refractivity contribution < 1.29 is 31.9 Å². The maximum Gasteiger partial charge on any atom is 0.441 e. The summed E-state index contributed by atoms with van der Waals surface area (Å²) >= 11 is 5.76. The molecule has 0 saturated carbocycles. The molecule has 0 saturated heterocycles. The molecule has 2 aromatic rings. The second-order valence-corrected chi connectivity index (χ2v) is 6.00. The SMILES string of the molecule is CCOC(=O)C(NC(=O)c1cccc(Cl)c1)(Nc1cccc(F)c1)C(F)(F)F.